The van der Waals surface area contributed by atoms with E-state index >= 15 is 0 Å². The number of amides is 2. The van der Waals surface area contributed by atoms with Crippen LogP contribution in [0, 0.1) is 5.82 Å². The Kier molecular flexibility index (Phi) is 5.17. The normalized spacial score (nSPS) is 10.6. The molecule has 0 unspecified atom stereocenters. The number of rotatable bonds is 5. The molecule has 150 valence electrons. The van der Waals surface area contributed by atoms with E-state index in [4.69, 9.17) is 9.15 Å². The molecule has 0 atom stereocenters. The number of carbonyl (C=O) groups excluding carboxylic acids is 2. The third-order valence-corrected chi connectivity index (χ3v) is 4.45. The zero-order valence-electron chi connectivity index (χ0n) is 15.9. The first-order valence-corrected chi connectivity index (χ1v) is 9.09. The van der Waals surface area contributed by atoms with Crippen molar-refractivity contribution < 1.29 is 23.1 Å². The lowest BCUT2D eigenvalue weighted by atomic mass is 10.1. The third kappa shape index (κ3) is 3.86. The summed E-state index contributed by atoms with van der Waals surface area (Å²) in [7, 11) is 1.53. The number of furan rings is 1. The van der Waals surface area contributed by atoms with Gasteiger partial charge in [0.25, 0.3) is 11.8 Å². The second-order valence-electron chi connectivity index (χ2n) is 6.45. The molecule has 0 saturated carbocycles. The summed E-state index contributed by atoms with van der Waals surface area (Å²) >= 11 is 0. The van der Waals surface area contributed by atoms with Gasteiger partial charge in [0.05, 0.1) is 7.11 Å². The number of hydrogen-bond donors (Lipinski definition) is 2. The summed E-state index contributed by atoms with van der Waals surface area (Å²) in [6, 6.07) is 19.1. The number of carbonyl (C=O) groups is 2. The number of para-hydroxylation sites is 1. The highest BCUT2D eigenvalue weighted by molar-refractivity contribution is 6.16. The highest BCUT2D eigenvalue weighted by Gasteiger charge is 2.23. The molecule has 2 amide bonds. The molecule has 0 spiro atoms. The Morgan fingerprint density at radius 3 is 2.50 bits per heavy atom. The summed E-state index contributed by atoms with van der Waals surface area (Å²) in [5.74, 6) is -1.12. The number of nitrogens with one attached hydrogen (secondary N) is 2. The van der Waals surface area contributed by atoms with Crippen LogP contribution in [0.5, 0.6) is 5.75 Å². The van der Waals surface area contributed by atoms with E-state index in [0.29, 0.717) is 22.4 Å². The number of fused-ring (bicyclic) bond motifs is 1. The molecular formula is C23H17FN2O4. The zero-order valence-corrected chi connectivity index (χ0v) is 15.9. The van der Waals surface area contributed by atoms with Crippen molar-refractivity contribution in [2.75, 3.05) is 17.7 Å². The molecule has 7 heteroatoms. The van der Waals surface area contributed by atoms with Gasteiger partial charge in [-0.05, 0) is 42.5 Å². The van der Waals surface area contributed by atoms with Crippen LogP contribution in [0.25, 0.3) is 11.0 Å². The molecule has 0 aliphatic rings. The largest absolute Gasteiger partial charge is 0.497 e. The fourth-order valence-corrected chi connectivity index (χ4v) is 3.03. The number of anilines is 2. The van der Waals surface area contributed by atoms with Crippen LogP contribution in [0.1, 0.15) is 20.9 Å². The first-order valence-electron chi connectivity index (χ1n) is 9.09. The molecule has 0 radical (unpaired) electrons. The molecule has 0 aliphatic heterocycles. The SMILES string of the molecule is COc1cccc(NC(=O)c2oc3ccccc3c2NC(=O)c2cccc(F)c2)c1. The minimum atomic E-state index is -0.559. The van der Waals surface area contributed by atoms with Crippen molar-refractivity contribution in [2.45, 2.75) is 0 Å². The van der Waals surface area contributed by atoms with Gasteiger partial charge in [0.1, 0.15) is 22.8 Å². The summed E-state index contributed by atoms with van der Waals surface area (Å²) in [5, 5.41) is 5.97. The molecule has 0 saturated heterocycles. The van der Waals surface area contributed by atoms with E-state index in [1.165, 1.54) is 25.3 Å². The van der Waals surface area contributed by atoms with Crippen LogP contribution in [-0.2, 0) is 0 Å². The molecule has 4 aromatic rings. The van der Waals surface area contributed by atoms with Gasteiger partial charge in [0.2, 0.25) is 5.76 Å². The van der Waals surface area contributed by atoms with Crippen molar-refractivity contribution >= 4 is 34.2 Å². The van der Waals surface area contributed by atoms with Crippen molar-refractivity contribution in [2.24, 2.45) is 0 Å². The topological polar surface area (TPSA) is 80.6 Å². The summed E-state index contributed by atoms with van der Waals surface area (Å²) in [6.07, 6.45) is 0. The molecule has 0 fully saturated rings. The lowest BCUT2D eigenvalue weighted by molar-refractivity contribution is 0.0999. The molecule has 0 bridgehead atoms. The van der Waals surface area contributed by atoms with Gasteiger partial charge in [0.15, 0.2) is 0 Å². The Bertz CT molecular complexity index is 1250. The quantitative estimate of drug-likeness (QED) is 0.486. The fraction of sp³-hybridized carbons (Fsp3) is 0.0435. The van der Waals surface area contributed by atoms with Gasteiger partial charge in [-0.25, -0.2) is 4.39 Å². The van der Waals surface area contributed by atoms with Gasteiger partial charge >= 0.3 is 0 Å². The van der Waals surface area contributed by atoms with E-state index in [1.54, 1.807) is 48.5 Å². The van der Waals surface area contributed by atoms with Crippen LogP contribution in [0.4, 0.5) is 15.8 Å². The van der Waals surface area contributed by atoms with Gasteiger partial charge in [-0.2, -0.15) is 0 Å². The van der Waals surface area contributed by atoms with Crippen molar-refractivity contribution in [3.05, 3.63) is 89.9 Å². The van der Waals surface area contributed by atoms with Gasteiger partial charge in [-0.1, -0.05) is 24.3 Å². The van der Waals surface area contributed by atoms with Crippen LogP contribution in [0.3, 0.4) is 0 Å². The lowest BCUT2D eigenvalue weighted by Gasteiger charge is -2.08. The number of hydrogen-bond acceptors (Lipinski definition) is 4. The fourth-order valence-electron chi connectivity index (χ4n) is 3.03. The first kappa shape index (κ1) is 19.2. The highest BCUT2D eigenvalue weighted by Crippen LogP contribution is 2.32. The maximum absolute atomic E-state index is 13.5. The Morgan fingerprint density at radius 2 is 1.70 bits per heavy atom. The summed E-state index contributed by atoms with van der Waals surface area (Å²) in [4.78, 5) is 25.6. The molecule has 6 nitrogen and oxygen atoms in total. The Labute approximate surface area is 171 Å². The van der Waals surface area contributed by atoms with Crippen LogP contribution in [-0.4, -0.2) is 18.9 Å². The average molecular weight is 404 g/mol. The minimum Gasteiger partial charge on any atom is -0.497 e. The van der Waals surface area contributed by atoms with Gasteiger partial charge in [-0.15, -0.1) is 0 Å². The number of benzene rings is 3. The molecule has 2 N–H and O–H groups in total. The Morgan fingerprint density at radius 1 is 0.900 bits per heavy atom. The van der Waals surface area contributed by atoms with Crippen LogP contribution in [0.2, 0.25) is 0 Å². The molecule has 1 aromatic heterocycles. The molecule has 4 rings (SSSR count). The standard InChI is InChI=1S/C23H17FN2O4/c1-29-17-9-5-8-16(13-17)25-23(28)21-20(18-10-2-3-11-19(18)30-21)26-22(27)14-6-4-7-15(24)12-14/h2-13H,1H3,(H,25,28)(H,26,27). The smallest absolute Gasteiger partial charge is 0.293 e. The van der Waals surface area contributed by atoms with Gasteiger partial charge in [0, 0.05) is 22.7 Å². The van der Waals surface area contributed by atoms with Gasteiger partial charge < -0.3 is 19.8 Å². The van der Waals surface area contributed by atoms with E-state index in [0.717, 1.165) is 6.07 Å². The summed E-state index contributed by atoms with van der Waals surface area (Å²) in [5.41, 5.74) is 1.27. The second kappa shape index (κ2) is 8.08. The molecule has 3 aromatic carbocycles. The first-order chi connectivity index (χ1) is 14.5. The maximum Gasteiger partial charge on any atom is 0.293 e. The van der Waals surface area contributed by atoms with E-state index in [1.807, 2.05) is 0 Å². The molecule has 0 aliphatic carbocycles. The van der Waals surface area contributed by atoms with Crippen molar-refractivity contribution in [1.82, 2.24) is 0 Å². The average Bonchev–Trinajstić information content (AvgIpc) is 3.12. The molecule has 1 heterocycles. The van der Waals surface area contributed by atoms with Crippen LogP contribution in [0.15, 0.2) is 77.2 Å². The van der Waals surface area contributed by atoms with Crippen molar-refractivity contribution in [1.29, 1.82) is 0 Å². The number of ether oxygens (including phenoxy) is 1. The zero-order chi connectivity index (χ0) is 21.1. The van der Waals surface area contributed by atoms with E-state index in [-0.39, 0.29) is 17.0 Å². The monoisotopic (exact) mass is 404 g/mol. The molecular weight excluding hydrogens is 387 g/mol. The predicted octanol–water partition coefficient (Wildman–Crippen LogP) is 5.09. The highest BCUT2D eigenvalue weighted by atomic mass is 19.1. The number of methoxy groups -OCH3 is 1. The van der Waals surface area contributed by atoms with E-state index < -0.39 is 17.6 Å². The van der Waals surface area contributed by atoms with Crippen molar-refractivity contribution in [3.8, 4) is 5.75 Å². The van der Waals surface area contributed by atoms with Crippen LogP contribution < -0.4 is 15.4 Å². The van der Waals surface area contributed by atoms with Crippen molar-refractivity contribution in [3.63, 3.8) is 0 Å². The predicted molar refractivity (Wildman–Crippen MR) is 112 cm³/mol. The van der Waals surface area contributed by atoms with E-state index in [9.17, 15) is 14.0 Å². The Balaban J connectivity index is 1.69. The second-order valence-corrected chi connectivity index (χ2v) is 6.45. The Hall–Kier alpha value is -4.13. The summed E-state index contributed by atoms with van der Waals surface area (Å²) < 4.78 is 24.4. The van der Waals surface area contributed by atoms with E-state index in [2.05, 4.69) is 10.6 Å². The number of halogens is 1. The van der Waals surface area contributed by atoms with Gasteiger partial charge in [-0.3, -0.25) is 9.59 Å². The minimum absolute atomic E-state index is 0.0660. The summed E-state index contributed by atoms with van der Waals surface area (Å²) in [6.45, 7) is 0. The maximum atomic E-state index is 13.5. The molecule has 30 heavy (non-hydrogen) atoms. The lowest BCUT2D eigenvalue weighted by Crippen LogP contribution is -2.17. The third-order valence-electron chi connectivity index (χ3n) is 4.45. The van der Waals surface area contributed by atoms with Crippen LogP contribution >= 0.6 is 0 Å².